The Balaban J connectivity index is 1.49. The van der Waals surface area contributed by atoms with Crippen LogP contribution in [0, 0.1) is 10.8 Å². The largest absolute Gasteiger partial charge is 0.480 e. The second-order valence-corrected chi connectivity index (χ2v) is 9.67. The summed E-state index contributed by atoms with van der Waals surface area (Å²) in [5.41, 5.74) is 6.81. The fourth-order valence-corrected chi connectivity index (χ4v) is 5.29. The second kappa shape index (κ2) is 6.36. The predicted molar refractivity (Wildman–Crippen MR) is 106 cm³/mol. The number of hydrogen-bond donors (Lipinski definition) is 1. The molecule has 1 unspecified atom stereocenters. The van der Waals surface area contributed by atoms with E-state index in [0.29, 0.717) is 25.2 Å². The lowest BCUT2D eigenvalue weighted by Gasteiger charge is -2.39. The van der Waals surface area contributed by atoms with Crippen molar-refractivity contribution in [2.45, 2.75) is 45.6 Å². The summed E-state index contributed by atoms with van der Waals surface area (Å²) < 4.78 is 7.03. The number of allylic oxidation sites excluding steroid dienone is 1. The highest BCUT2D eigenvalue weighted by atomic mass is 79.9. The lowest BCUT2D eigenvalue weighted by Crippen LogP contribution is -2.45. The van der Waals surface area contributed by atoms with Gasteiger partial charge in [0.1, 0.15) is 5.75 Å². The number of ether oxygens (including phenoxy) is 1. The SMILES string of the molecule is CC1(C)C[C@@]2(C=C(N)C1=O)CCN(C(=O)C1CCc3cc(Br)ccc3O1)C2. The molecule has 144 valence electrons. The number of likely N-dealkylation sites (tertiary alicyclic amines) is 1. The van der Waals surface area contributed by atoms with Gasteiger partial charge in [0.05, 0.1) is 5.70 Å². The average Bonchev–Trinajstić information content (AvgIpc) is 3.01. The number of benzene rings is 1. The van der Waals surface area contributed by atoms with Crippen molar-refractivity contribution in [3.63, 3.8) is 0 Å². The molecule has 0 saturated carbocycles. The number of nitrogens with zero attached hydrogens (tertiary/aromatic N) is 1. The van der Waals surface area contributed by atoms with Crippen molar-refractivity contribution in [3.8, 4) is 5.75 Å². The Hall–Kier alpha value is -1.82. The number of amides is 1. The van der Waals surface area contributed by atoms with E-state index in [2.05, 4.69) is 22.0 Å². The molecule has 2 aliphatic heterocycles. The number of halogens is 1. The van der Waals surface area contributed by atoms with Crippen LogP contribution in [0.4, 0.5) is 0 Å². The third kappa shape index (κ3) is 3.28. The first-order valence-electron chi connectivity index (χ1n) is 9.46. The average molecular weight is 433 g/mol. The number of ketones is 1. The van der Waals surface area contributed by atoms with Crippen molar-refractivity contribution in [3.05, 3.63) is 40.0 Å². The number of nitrogens with two attached hydrogens (primary N) is 1. The predicted octanol–water partition coefficient (Wildman–Crippen LogP) is 3.20. The lowest BCUT2D eigenvalue weighted by atomic mass is 9.65. The van der Waals surface area contributed by atoms with E-state index in [1.54, 1.807) is 0 Å². The maximum Gasteiger partial charge on any atom is 0.263 e. The smallest absolute Gasteiger partial charge is 0.263 e. The number of carbonyl (C=O) groups is 2. The maximum atomic E-state index is 13.1. The summed E-state index contributed by atoms with van der Waals surface area (Å²) in [6.45, 7) is 5.18. The van der Waals surface area contributed by atoms with E-state index in [1.807, 2.05) is 37.0 Å². The summed E-state index contributed by atoms with van der Waals surface area (Å²) in [5, 5.41) is 0. The van der Waals surface area contributed by atoms with Crippen LogP contribution >= 0.6 is 15.9 Å². The molecular weight excluding hydrogens is 408 g/mol. The van der Waals surface area contributed by atoms with Crippen LogP contribution in [0.1, 0.15) is 38.7 Å². The van der Waals surface area contributed by atoms with Crippen molar-refractivity contribution in [2.24, 2.45) is 16.6 Å². The van der Waals surface area contributed by atoms with Crippen LogP contribution < -0.4 is 10.5 Å². The van der Waals surface area contributed by atoms with Gasteiger partial charge in [-0.2, -0.15) is 0 Å². The molecule has 1 aromatic rings. The minimum atomic E-state index is -0.481. The Morgan fingerprint density at radius 3 is 2.89 bits per heavy atom. The van der Waals surface area contributed by atoms with Gasteiger partial charge in [0, 0.05) is 28.4 Å². The van der Waals surface area contributed by atoms with Gasteiger partial charge in [-0.1, -0.05) is 29.8 Å². The van der Waals surface area contributed by atoms with Crippen molar-refractivity contribution < 1.29 is 14.3 Å². The molecule has 2 heterocycles. The summed E-state index contributed by atoms with van der Waals surface area (Å²) in [5.74, 6) is 0.851. The molecule has 1 spiro atoms. The molecule has 1 aliphatic carbocycles. The third-order valence-corrected chi connectivity index (χ3v) is 6.57. The van der Waals surface area contributed by atoms with E-state index < -0.39 is 11.5 Å². The quantitative estimate of drug-likeness (QED) is 0.739. The summed E-state index contributed by atoms with van der Waals surface area (Å²) in [7, 11) is 0. The van der Waals surface area contributed by atoms with Gasteiger partial charge in [-0.05, 0) is 55.5 Å². The molecule has 0 aromatic heterocycles. The maximum absolute atomic E-state index is 13.1. The molecule has 1 amide bonds. The Morgan fingerprint density at radius 2 is 2.15 bits per heavy atom. The van der Waals surface area contributed by atoms with Gasteiger partial charge in [-0.3, -0.25) is 9.59 Å². The molecule has 1 saturated heterocycles. The van der Waals surface area contributed by atoms with Gasteiger partial charge < -0.3 is 15.4 Å². The number of Topliss-reactive ketones (excluding diaryl/α,β-unsaturated/α-hetero) is 1. The second-order valence-electron chi connectivity index (χ2n) is 8.76. The van der Waals surface area contributed by atoms with Crippen LogP contribution in [0.5, 0.6) is 5.75 Å². The van der Waals surface area contributed by atoms with Crippen LogP contribution in [0.15, 0.2) is 34.4 Å². The zero-order chi connectivity index (χ0) is 19.4. The molecule has 0 radical (unpaired) electrons. The molecule has 1 aromatic carbocycles. The van der Waals surface area contributed by atoms with Crippen LogP contribution in [0.25, 0.3) is 0 Å². The highest BCUT2D eigenvalue weighted by Gasteiger charge is 2.49. The number of rotatable bonds is 1. The van der Waals surface area contributed by atoms with Gasteiger partial charge in [0.25, 0.3) is 5.91 Å². The summed E-state index contributed by atoms with van der Waals surface area (Å²) in [6.07, 6.45) is 4.56. The molecule has 3 aliphatic rings. The van der Waals surface area contributed by atoms with Crippen molar-refractivity contribution >= 4 is 27.6 Å². The molecule has 4 rings (SSSR count). The summed E-state index contributed by atoms with van der Waals surface area (Å²) >= 11 is 3.48. The zero-order valence-electron chi connectivity index (χ0n) is 15.8. The first kappa shape index (κ1) is 18.5. The molecule has 0 bridgehead atoms. The third-order valence-electron chi connectivity index (χ3n) is 6.07. The van der Waals surface area contributed by atoms with E-state index in [4.69, 9.17) is 10.5 Å². The highest BCUT2D eigenvalue weighted by molar-refractivity contribution is 9.10. The Morgan fingerprint density at radius 1 is 1.37 bits per heavy atom. The van der Waals surface area contributed by atoms with E-state index in [9.17, 15) is 9.59 Å². The number of hydrogen-bond acceptors (Lipinski definition) is 4. The molecule has 1 fully saturated rings. The van der Waals surface area contributed by atoms with Crippen molar-refractivity contribution in [2.75, 3.05) is 13.1 Å². The molecular formula is C21H25BrN2O3. The van der Waals surface area contributed by atoms with Gasteiger partial charge >= 0.3 is 0 Å². The summed E-state index contributed by atoms with van der Waals surface area (Å²) in [4.78, 5) is 27.3. The zero-order valence-corrected chi connectivity index (χ0v) is 17.3. The fraction of sp³-hybridized carbons (Fsp3) is 0.524. The van der Waals surface area contributed by atoms with E-state index in [0.717, 1.165) is 35.0 Å². The minimum Gasteiger partial charge on any atom is -0.480 e. The van der Waals surface area contributed by atoms with Crippen molar-refractivity contribution in [1.29, 1.82) is 0 Å². The Labute approximate surface area is 168 Å². The minimum absolute atomic E-state index is 0.0104. The normalized spacial score (nSPS) is 29.3. The molecule has 5 nitrogen and oxygen atoms in total. The highest BCUT2D eigenvalue weighted by Crippen LogP contribution is 2.47. The van der Waals surface area contributed by atoms with Gasteiger partial charge in [-0.15, -0.1) is 0 Å². The molecule has 2 N–H and O–H groups in total. The first-order valence-corrected chi connectivity index (χ1v) is 10.3. The number of carbonyl (C=O) groups excluding carboxylic acids is 2. The van der Waals surface area contributed by atoms with Gasteiger partial charge in [0.15, 0.2) is 11.9 Å². The Bertz CT molecular complexity index is 848. The lowest BCUT2D eigenvalue weighted by molar-refractivity contribution is -0.138. The topological polar surface area (TPSA) is 72.6 Å². The monoisotopic (exact) mass is 432 g/mol. The van der Waals surface area contributed by atoms with Crippen LogP contribution in [0.2, 0.25) is 0 Å². The van der Waals surface area contributed by atoms with Gasteiger partial charge in [-0.25, -0.2) is 0 Å². The fourth-order valence-electron chi connectivity index (χ4n) is 4.88. The molecule has 2 atom stereocenters. The number of aryl methyl sites for hydroxylation is 1. The van der Waals surface area contributed by atoms with Crippen molar-refractivity contribution in [1.82, 2.24) is 4.90 Å². The van der Waals surface area contributed by atoms with Crippen LogP contribution in [-0.2, 0) is 16.0 Å². The van der Waals surface area contributed by atoms with E-state index in [-0.39, 0.29) is 17.1 Å². The van der Waals surface area contributed by atoms with Crippen LogP contribution in [-0.4, -0.2) is 35.8 Å². The van der Waals surface area contributed by atoms with Crippen LogP contribution in [0.3, 0.4) is 0 Å². The first-order chi connectivity index (χ1) is 12.7. The molecule has 27 heavy (non-hydrogen) atoms. The standard InChI is InChI=1S/C21H25BrN2O3/c1-20(2)11-21(10-15(23)18(20)25)7-8-24(12-21)19(26)17-5-3-13-9-14(22)4-6-16(13)27-17/h4,6,9-10,17H,3,5,7-8,11-12,23H2,1-2H3/t17?,21-/m0/s1. The summed E-state index contributed by atoms with van der Waals surface area (Å²) in [6, 6.07) is 5.91. The van der Waals surface area contributed by atoms with E-state index >= 15 is 0 Å². The van der Waals surface area contributed by atoms with Gasteiger partial charge in [0.2, 0.25) is 0 Å². The number of fused-ring (bicyclic) bond motifs is 1. The van der Waals surface area contributed by atoms with E-state index in [1.165, 1.54) is 0 Å². The Kier molecular flexibility index (Phi) is 4.37. The molecule has 6 heteroatoms.